The molecule has 33 heavy (non-hydrogen) atoms. The monoisotopic (exact) mass is 519 g/mol. The van der Waals surface area contributed by atoms with Crippen LogP contribution in [0.2, 0.25) is 5.02 Å². The highest BCUT2D eigenvalue weighted by Crippen LogP contribution is 2.35. The minimum Gasteiger partial charge on any atom is -0.349 e. The van der Waals surface area contributed by atoms with E-state index in [2.05, 4.69) is 10.3 Å². The lowest BCUT2D eigenvalue weighted by atomic mass is 10.1. The molecule has 0 spiro atoms. The Kier molecular flexibility index (Phi) is 6.10. The molecule has 1 amide bonds. The number of nitrogens with one attached hydrogen (secondary N) is 2. The zero-order valence-electron chi connectivity index (χ0n) is 16.4. The van der Waals surface area contributed by atoms with E-state index in [0.717, 1.165) is 25.0 Å². The summed E-state index contributed by atoms with van der Waals surface area (Å²) in [5.41, 5.74) is -4.71. The standard InChI is InChI=1S/C20H14ClF4N3O3S2/c21-15-8-12(28-33(30,31)20(23,24)25)4-5-13(15)17-9-32-19(27-17)10-1-6-16(22)14(7-10)18(29)26-11-2-3-11/h1,4-9,11,28H,2-3H2,(H,26,29). The third-order valence-electron chi connectivity index (χ3n) is 4.68. The molecule has 2 N–H and O–H groups in total. The normalized spacial score (nSPS) is 14.2. The fourth-order valence-electron chi connectivity index (χ4n) is 2.85. The third kappa shape index (κ3) is 5.12. The van der Waals surface area contributed by atoms with E-state index in [0.29, 0.717) is 21.8 Å². The Morgan fingerprint density at radius 3 is 2.52 bits per heavy atom. The molecule has 1 aliphatic rings. The van der Waals surface area contributed by atoms with Crippen molar-refractivity contribution in [2.75, 3.05) is 4.72 Å². The lowest BCUT2D eigenvalue weighted by Crippen LogP contribution is -2.29. The van der Waals surface area contributed by atoms with Crippen LogP contribution in [-0.4, -0.2) is 30.9 Å². The summed E-state index contributed by atoms with van der Waals surface area (Å²) in [6.07, 6.45) is 1.72. The smallest absolute Gasteiger partial charge is 0.349 e. The van der Waals surface area contributed by atoms with Gasteiger partial charge in [0.2, 0.25) is 0 Å². The van der Waals surface area contributed by atoms with Crippen molar-refractivity contribution in [2.45, 2.75) is 24.4 Å². The zero-order valence-corrected chi connectivity index (χ0v) is 18.8. The van der Waals surface area contributed by atoms with Crippen LogP contribution < -0.4 is 10.0 Å². The molecular weight excluding hydrogens is 506 g/mol. The Labute approximate surface area is 194 Å². The van der Waals surface area contributed by atoms with E-state index >= 15 is 0 Å². The molecule has 1 aromatic heterocycles. The predicted molar refractivity (Wildman–Crippen MR) is 117 cm³/mol. The van der Waals surface area contributed by atoms with E-state index in [1.165, 1.54) is 40.3 Å². The van der Waals surface area contributed by atoms with Gasteiger partial charge >= 0.3 is 15.5 Å². The van der Waals surface area contributed by atoms with E-state index < -0.39 is 27.3 Å². The average Bonchev–Trinajstić information content (AvgIpc) is 3.40. The van der Waals surface area contributed by atoms with Crippen LogP contribution in [-0.2, 0) is 10.0 Å². The molecule has 2 aromatic carbocycles. The van der Waals surface area contributed by atoms with Gasteiger partial charge in [0.05, 0.1) is 22.0 Å². The van der Waals surface area contributed by atoms with Crippen LogP contribution in [0.15, 0.2) is 41.8 Å². The molecule has 0 radical (unpaired) electrons. The molecule has 13 heteroatoms. The van der Waals surface area contributed by atoms with Crippen LogP contribution in [0, 0.1) is 5.82 Å². The molecule has 4 rings (SSSR count). The summed E-state index contributed by atoms with van der Waals surface area (Å²) in [4.78, 5) is 16.7. The first-order chi connectivity index (χ1) is 15.4. The molecule has 6 nitrogen and oxygen atoms in total. The second-order valence-corrected chi connectivity index (χ2v) is 10.2. The summed E-state index contributed by atoms with van der Waals surface area (Å²) in [7, 11) is -5.58. The Bertz CT molecular complexity index is 1340. The first-order valence-electron chi connectivity index (χ1n) is 9.40. The highest BCUT2D eigenvalue weighted by Gasteiger charge is 2.46. The van der Waals surface area contributed by atoms with E-state index in [9.17, 15) is 30.8 Å². The highest BCUT2D eigenvalue weighted by molar-refractivity contribution is 7.93. The number of sulfonamides is 1. The van der Waals surface area contributed by atoms with Crippen molar-refractivity contribution in [2.24, 2.45) is 0 Å². The van der Waals surface area contributed by atoms with Crippen molar-refractivity contribution in [3.05, 3.63) is 58.2 Å². The lowest BCUT2D eigenvalue weighted by Gasteiger charge is -2.11. The number of hydrogen-bond donors (Lipinski definition) is 2. The van der Waals surface area contributed by atoms with Crippen molar-refractivity contribution in [3.63, 3.8) is 0 Å². The quantitative estimate of drug-likeness (QED) is 0.425. The van der Waals surface area contributed by atoms with Gasteiger partial charge < -0.3 is 5.32 Å². The number of carbonyl (C=O) groups is 1. The van der Waals surface area contributed by atoms with Crippen molar-refractivity contribution < 1.29 is 30.8 Å². The Morgan fingerprint density at radius 2 is 1.88 bits per heavy atom. The number of halogens is 5. The van der Waals surface area contributed by atoms with Gasteiger partial charge in [0, 0.05) is 22.5 Å². The van der Waals surface area contributed by atoms with Gasteiger partial charge in [-0.25, -0.2) is 9.37 Å². The Balaban J connectivity index is 1.58. The summed E-state index contributed by atoms with van der Waals surface area (Å²) in [5.74, 6) is -1.16. The Morgan fingerprint density at radius 1 is 1.15 bits per heavy atom. The summed E-state index contributed by atoms with van der Waals surface area (Å²) in [6.45, 7) is 0. The summed E-state index contributed by atoms with van der Waals surface area (Å²) >= 11 is 7.34. The van der Waals surface area contributed by atoms with Gasteiger partial charge in [0.15, 0.2) is 0 Å². The number of alkyl halides is 3. The fourth-order valence-corrected chi connectivity index (χ4v) is 4.50. The Hall–Kier alpha value is -2.70. The number of thiazole rings is 1. The third-order valence-corrected chi connectivity index (χ3v) is 6.99. The van der Waals surface area contributed by atoms with Crippen LogP contribution in [0.25, 0.3) is 21.8 Å². The minimum atomic E-state index is -5.58. The van der Waals surface area contributed by atoms with Crippen LogP contribution in [0.1, 0.15) is 23.2 Å². The SMILES string of the molecule is O=C(NC1CC1)c1cc(-c2nc(-c3ccc(NS(=O)(=O)C(F)(F)F)cc3Cl)cs2)ccc1F. The van der Waals surface area contributed by atoms with Gasteiger partial charge in [-0.1, -0.05) is 11.6 Å². The van der Waals surface area contributed by atoms with Crippen molar-refractivity contribution in [1.29, 1.82) is 0 Å². The second-order valence-electron chi connectivity index (χ2n) is 7.23. The first-order valence-corrected chi connectivity index (χ1v) is 12.1. The first kappa shape index (κ1) is 23.5. The average molecular weight is 520 g/mol. The zero-order chi connectivity index (χ0) is 24.0. The maximum Gasteiger partial charge on any atom is 0.516 e. The maximum absolute atomic E-state index is 14.1. The number of aromatic nitrogens is 1. The van der Waals surface area contributed by atoms with E-state index in [1.807, 2.05) is 0 Å². The lowest BCUT2D eigenvalue weighted by molar-refractivity contribution is -0.0429. The number of amides is 1. The van der Waals surface area contributed by atoms with Gasteiger partial charge in [-0.15, -0.1) is 11.3 Å². The molecule has 0 bridgehead atoms. The van der Waals surface area contributed by atoms with Gasteiger partial charge in [-0.3, -0.25) is 9.52 Å². The van der Waals surface area contributed by atoms with Crippen LogP contribution in [0.3, 0.4) is 0 Å². The largest absolute Gasteiger partial charge is 0.516 e. The number of nitrogens with zero attached hydrogens (tertiary/aromatic N) is 1. The molecule has 0 unspecified atom stereocenters. The van der Waals surface area contributed by atoms with Crippen LogP contribution in [0.5, 0.6) is 0 Å². The van der Waals surface area contributed by atoms with E-state index in [-0.39, 0.29) is 22.3 Å². The molecule has 0 aliphatic heterocycles. The van der Waals surface area contributed by atoms with Gasteiger partial charge in [0.1, 0.15) is 10.8 Å². The molecule has 1 fully saturated rings. The highest BCUT2D eigenvalue weighted by atomic mass is 35.5. The second kappa shape index (κ2) is 8.58. The molecule has 174 valence electrons. The van der Waals surface area contributed by atoms with E-state index in [4.69, 9.17) is 11.6 Å². The number of rotatable bonds is 6. The number of anilines is 1. The molecule has 1 aliphatic carbocycles. The number of hydrogen-bond acceptors (Lipinski definition) is 5. The molecule has 1 saturated carbocycles. The van der Waals surface area contributed by atoms with Gasteiger partial charge in [0.25, 0.3) is 5.91 Å². The van der Waals surface area contributed by atoms with Gasteiger partial charge in [-0.2, -0.15) is 21.6 Å². The topological polar surface area (TPSA) is 88.2 Å². The maximum atomic E-state index is 14.1. The van der Waals surface area contributed by atoms with E-state index in [1.54, 1.807) is 5.38 Å². The van der Waals surface area contributed by atoms with Crippen molar-refractivity contribution >= 4 is 44.6 Å². The van der Waals surface area contributed by atoms with Crippen molar-refractivity contribution in [3.8, 4) is 21.8 Å². The summed E-state index contributed by atoms with van der Waals surface area (Å²) in [6, 6.07) is 7.60. The van der Waals surface area contributed by atoms with Crippen molar-refractivity contribution in [1.82, 2.24) is 10.3 Å². The van der Waals surface area contributed by atoms with Gasteiger partial charge in [-0.05, 0) is 49.2 Å². The van der Waals surface area contributed by atoms with Crippen LogP contribution >= 0.6 is 22.9 Å². The molecule has 0 saturated heterocycles. The minimum absolute atomic E-state index is 0.0298. The summed E-state index contributed by atoms with van der Waals surface area (Å²) in [5, 5.41) is 4.79. The fraction of sp³-hybridized carbons (Fsp3) is 0.200. The van der Waals surface area contributed by atoms with Crippen LogP contribution in [0.4, 0.5) is 23.2 Å². The predicted octanol–water partition coefficient (Wildman–Crippen LogP) is 5.42. The summed E-state index contributed by atoms with van der Waals surface area (Å²) < 4.78 is 75.8. The molecule has 0 atom stereocenters. The number of benzene rings is 2. The molecular formula is C20H14ClF4N3O3S2. The molecule has 3 aromatic rings. The number of carbonyl (C=O) groups excluding carboxylic acids is 1. The molecule has 1 heterocycles.